The van der Waals surface area contributed by atoms with Crippen LogP contribution in [0.15, 0.2) is 60.8 Å². The maximum atomic E-state index is 14.1. The fourth-order valence-electron chi connectivity index (χ4n) is 6.09. The molecule has 0 spiro atoms. The summed E-state index contributed by atoms with van der Waals surface area (Å²) < 4.78 is 28.2. The van der Waals surface area contributed by atoms with Gasteiger partial charge in [-0.25, -0.2) is 8.78 Å². The van der Waals surface area contributed by atoms with Crippen LogP contribution >= 0.6 is 0 Å². The number of rotatable bonds is 3. The molecule has 1 aromatic heterocycles. The third kappa shape index (κ3) is 3.45. The largest absolute Gasteiger partial charge is 0.256 e. The van der Waals surface area contributed by atoms with Crippen molar-refractivity contribution in [1.82, 2.24) is 4.98 Å². The Morgan fingerprint density at radius 3 is 2.50 bits per heavy atom. The van der Waals surface area contributed by atoms with Gasteiger partial charge in [0.25, 0.3) is 0 Å². The van der Waals surface area contributed by atoms with Gasteiger partial charge in [-0.05, 0) is 94.1 Å². The molecule has 1 unspecified atom stereocenters. The molecule has 2 aliphatic rings. The van der Waals surface area contributed by atoms with Gasteiger partial charge in [-0.3, -0.25) is 4.98 Å². The zero-order chi connectivity index (χ0) is 23.6. The molecule has 6 rings (SSSR count). The highest BCUT2D eigenvalue weighted by molar-refractivity contribution is 5.99. The zero-order valence-corrected chi connectivity index (χ0v) is 20.0. The van der Waals surface area contributed by atoms with E-state index >= 15 is 0 Å². The van der Waals surface area contributed by atoms with Crippen LogP contribution in [0.4, 0.5) is 8.78 Å². The monoisotopic (exact) mass is 453 g/mol. The standard InChI is InChI=1S/C31H29F2N/c1-18(2)25-15-22(21-8-10-31(32,33)17-21)16-29-24(25)9-11-34-30(29)28-13-19(3)12-26-23-7-5-4-6-20(23)14-27(26)28/h4-7,9,11-13,15-16,18,21H,8,10,14,17H2,1-3H3. The molecule has 3 heteroatoms. The minimum absolute atomic E-state index is 0.0176. The third-order valence-electron chi connectivity index (χ3n) is 7.76. The average molecular weight is 454 g/mol. The smallest absolute Gasteiger partial charge is 0.248 e. The third-order valence-corrected chi connectivity index (χ3v) is 7.76. The molecular formula is C31H29F2N. The number of aryl methyl sites for hydroxylation is 1. The Balaban J connectivity index is 1.59. The van der Waals surface area contributed by atoms with Gasteiger partial charge in [0.05, 0.1) is 5.69 Å². The lowest BCUT2D eigenvalue weighted by atomic mass is 9.86. The van der Waals surface area contributed by atoms with Crippen molar-refractivity contribution in [3.8, 4) is 22.4 Å². The highest BCUT2D eigenvalue weighted by Gasteiger charge is 2.40. The maximum absolute atomic E-state index is 14.1. The first-order valence-corrected chi connectivity index (χ1v) is 12.3. The van der Waals surface area contributed by atoms with Crippen molar-refractivity contribution in [2.24, 2.45) is 0 Å². The molecule has 172 valence electrons. The summed E-state index contributed by atoms with van der Waals surface area (Å²) >= 11 is 0. The van der Waals surface area contributed by atoms with E-state index in [1.165, 1.54) is 44.3 Å². The first kappa shape index (κ1) is 21.5. The Bertz CT molecular complexity index is 1430. The van der Waals surface area contributed by atoms with E-state index in [2.05, 4.69) is 75.4 Å². The predicted molar refractivity (Wildman–Crippen MR) is 136 cm³/mol. The number of alkyl halides is 2. The molecule has 2 aliphatic carbocycles. The lowest BCUT2D eigenvalue weighted by Crippen LogP contribution is -2.09. The van der Waals surface area contributed by atoms with Crippen molar-refractivity contribution in [3.05, 3.63) is 88.6 Å². The van der Waals surface area contributed by atoms with E-state index in [9.17, 15) is 8.78 Å². The van der Waals surface area contributed by atoms with Crippen LogP contribution in [-0.4, -0.2) is 10.9 Å². The lowest BCUT2D eigenvalue weighted by Gasteiger charge is -2.19. The van der Waals surface area contributed by atoms with Gasteiger partial charge in [0.15, 0.2) is 0 Å². The van der Waals surface area contributed by atoms with Crippen molar-refractivity contribution in [3.63, 3.8) is 0 Å². The summed E-state index contributed by atoms with van der Waals surface area (Å²) in [7, 11) is 0. The summed E-state index contributed by atoms with van der Waals surface area (Å²) in [6.07, 6.45) is 3.27. The molecule has 1 nitrogen and oxygen atoms in total. The zero-order valence-electron chi connectivity index (χ0n) is 20.0. The number of nitrogens with zero attached hydrogens (tertiary/aromatic N) is 1. The number of fused-ring (bicyclic) bond motifs is 4. The van der Waals surface area contributed by atoms with Crippen LogP contribution in [-0.2, 0) is 6.42 Å². The summed E-state index contributed by atoms with van der Waals surface area (Å²) in [5.41, 5.74) is 10.9. The summed E-state index contributed by atoms with van der Waals surface area (Å²) in [4.78, 5) is 4.91. The van der Waals surface area contributed by atoms with Crippen LogP contribution in [0.5, 0.6) is 0 Å². The number of pyridine rings is 1. The van der Waals surface area contributed by atoms with Crippen LogP contribution in [0.25, 0.3) is 33.2 Å². The highest BCUT2D eigenvalue weighted by Crippen LogP contribution is 2.47. The predicted octanol–water partition coefficient (Wildman–Crippen LogP) is 8.81. The minimum Gasteiger partial charge on any atom is -0.256 e. The minimum atomic E-state index is -2.56. The quantitative estimate of drug-likeness (QED) is 0.266. The second kappa shape index (κ2) is 7.73. The number of hydrogen-bond acceptors (Lipinski definition) is 1. The molecule has 4 aromatic rings. The first-order valence-electron chi connectivity index (χ1n) is 12.3. The van der Waals surface area contributed by atoms with E-state index in [-0.39, 0.29) is 18.8 Å². The SMILES string of the molecule is Cc1cc2c(c(-c3nccc4c(C(C)C)cc(C5CCC(F)(F)C5)cc34)c1)Cc1ccccc1-2. The summed E-state index contributed by atoms with van der Waals surface area (Å²) in [6, 6.07) is 19.6. The number of halogens is 2. The van der Waals surface area contributed by atoms with E-state index < -0.39 is 5.92 Å². The second-order valence-electron chi connectivity index (χ2n) is 10.5. The Kier molecular flexibility index (Phi) is 4.88. The fourth-order valence-corrected chi connectivity index (χ4v) is 6.09. The van der Waals surface area contributed by atoms with Crippen LogP contribution < -0.4 is 0 Å². The molecule has 1 fully saturated rings. The van der Waals surface area contributed by atoms with Gasteiger partial charge in [0.1, 0.15) is 0 Å². The van der Waals surface area contributed by atoms with E-state index in [4.69, 9.17) is 4.98 Å². The van der Waals surface area contributed by atoms with Crippen LogP contribution in [0.2, 0.25) is 0 Å². The Labute approximate surface area is 199 Å². The van der Waals surface area contributed by atoms with Crippen LogP contribution in [0.1, 0.15) is 72.8 Å². The first-order chi connectivity index (χ1) is 16.3. The summed E-state index contributed by atoms with van der Waals surface area (Å²) in [6.45, 7) is 6.51. The van der Waals surface area contributed by atoms with Crippen molar-refractivity contribution in [1.29, 1.82) is 0 Å². The molecular weight excluding hydrogens is 424 g/mol. The Morgan fingerprint density at radius 2 is 1.74 bits per heavy atom. The van der Waals surface area contributed by atoms with Crippen molar-refractivity contribution < 1.29 is 8.78 Å². The van der Waals surface area contributed by atoms with Gasteiger partial charge in [0, 0.05) is 30.0 Å². The lowest BCUT2D eigenvalue weighted by molar-refractivity contribution is 0.00777. The van der Waals surface area contributed by atoms with Gasteiger partial charge >= 0.3 is 0 Å². The molecule has 0 aliphatic heterocycles. The van der Waals surface area contributed by atoms with Crippen LogP contribution in [0.3, 0.4) is 0 Å². The van der Waals surface area contributed by atoms with Gasteiger partial charge in [-0.2, -0.15) is 0 Å². The van der Waals surface area contributed by atoms with Gasteiger partial charge in [-0.15, -0.1) is 0 Å². The normalized spacial score (nSPS) is 18.5. The number of aromatic nitrogens is 1. The Morgan fingerprint density at radius 1 is 0.941 bits per heavy atom. The van der Waals surface area contributed by atoms with Gasteiger partial charge in [0.2, 0.25) is 5.92 Å². The molecule has 34 heavy (non-hydrogen) atoms. The van der Waals surface area contributed by atoms with E-state index in [0.717, 1.165) is 23.1 Å². The highest BCUT2D eigenvalue weighted by atomic mass is 19.3. The van der Waals surface area contributed by atoms with E-state index in [1.54, 1.807) is 0 Å². The molecule has 1 heterocycles. The molecule has 0 bridgehead atoms. The molecule has 0 saturated heterocycles. The van der Waals surface area contributed by atoms with Crippen molar-refractivity contribution in [2.75, 3.05) is 0 Å². The van der Waals surface area contributed by atoms with Gasteiger partial charge in [-0.1, -0.05) is 50.2 Å². The van der Waals surface area contributed by atoms with Crippen molar-refractivity contribution >= 4 is 10.8 Å². The maximum Gasteiger partial charge on any atom is 0.248 e. The molecule has 0 radical (unpaired) electrons. The summed E-state index contributed by atoms with van der Waals surface area (Å²) in [5, 5.41) is 2.27. The number of hydrogen-bond donors (Lipinski definition) is 0. The van der Waals surface area contributed by atoms with Crippen LogP contribution in [0, 0.1) is 6.92 Å². The molecule has 0 N–H and O–H groups in total. The van der Waals surface area contributed by atoms with E-state index in [1.807, 2.05) is 6.20 Å². The second-order valence-corrected chi connectivity index (χ2v) is 10.5. The fraction of sp³-hybridized carbons (Fsp3) is 0.323. The topological polar surface area (TPSA) is 12.9 Å². The number of benzene rings is 3. The summed E-state index contributed by atoms with van der Waals surface area (Å²) in [5.74, 6) is -2.36. The molecule has 1 saturated carbocycles. The van der Waals surface area contributed by atoms with Crippen molar-refractivity contribution in [2.45, 2.75) is 64.2 Å². The average Bonchev–Trinajstić information content (AvgIpc) is 3.37. The van der Waals surface area contributed by atoms with Gasteiger partial charge < -0.3 is 0 Å². The molecule has 0 amide bonds. The molecule has 3 aromatic carbocycles. The van der Waals surface area contributed by atoms with E-state index in [0.29, 0.717) is 12.3 Å². The molecule has 1 atom stereocenters. The Hall–Kier alpha value is -3.07.